The molecule has 1 rings (SSSR count). The monoisotopic (exact) mass is 311 g/mol. The molecule has 0 radical (unpaired) electrons. The van der Waals surface area contributed by atoms with E-state index in [1.54, 1.807) is 13.0 Å². The van der Waals surface area contributed by atoms with E-state index in [0.717, 1.165) is 6.42 Å². The lowest BCUT2D eigenvalue weighted by atomic mass is 10.0. The summed E-state index contributed by atoms with van der Waals surface area (Å²) in [7, 11) is 1.47. The normalized spacial score (nSPS) is 12.5. The first kappa shape index (κ1) is 18.4. The molecule has 0 bridgehead atoms. The van der Waals surface area contributed by atoms with Gasteiger partial charge in [-0.1, -0.05) is 13.8 Å². The van der Waals surface area contributed by atoms with Crippen molar-refractivity contribution in [3.8, 4) is 0 Å². The van der Waals surface area contributed by atoms with Crippen LogP contribution in [0.3, 0.4) is 0 Å². The summed E-state index contributed by atoms with van der Waals surface area (Å²) in [6.07, 6.45) is 0.520. The van der Waals surface area contributed by atoms with Gasteiger partial charge >= 0.3 is 5.63 Å². The van der Waals surface area contributed by atoms with E-state index in [1.807, 2.05) is 0 Å². The molecular formula is C16H25NO5. The number of carbonyl (C=O) groups excluding carboxylic acids is 1. The molecule has 0 saturated carbocycles. The van der Waals surface area contributed by atoms with Crippen LogP contribution in [0.15, 0.2) is 15.3 Å². The van der Waals surface area contributed by atoms with Crippen LogP contribution >= 0.6 is 0 Å². The number of hydrogen-bond donors (Lipinski definition) is 2. The fourth-order valence-electron chi connectivity index (χ4n) is 2.13. The number of likely N-dealkylation sites (N-methyl/N-ethyl adjacent to an activating group) is 1. The smallest absolute Gasteiger partial charge is 0.349 e. The van der Waals surface area contributed by atoms with Gasteiger partial charge in [0.25, 0.3) is 5.91 Å². The van der Waals surface area contributed by atoms with Crippen molar-refractivity contribution in [1.29, 1.82) is 0 Å². The zero-order valence-electron chi connectivity index (χ0n) is 13.6. The van der Waals surface area contributed by atoms with Crippen molar-refractivity contribution in [2.75, 3.05) is 20.2 Å². The van der Waals surface area contributed by atoms with E-state index in [-0.39, 0.29) is 12.1 Å². The molecule has 2 N–H and O–H groups in total. The van der Waals surface area contributed by atoms with Gasteiger partial charge in [0, 0.05) is 20.0 Å². The van der Waals surface area contributed by atoms with Gasteiger partial charge in [-0.15, -0.1) is 0 Å². The Balaban J connectivity index is 2.96. The Bertz CT molecular complexity index is 564. The number of nitrogens with zero attached hydrogens (tertiary/aromatic N) is 1. The third kappa shape index (κ3) is 4.96. The highest BCUT2D eigenvalue weighted by Crippen LogP contribution is 2.13. The van der Waals surface area contributed by atoms with E-state index < -0.39 is 24.2 Å². The molecule has 1 amide bonds. The quantitative estimate of drug-likeness (QED) is 0.783. The van der Waals surface area contributed by atoms with Crippen molar-refractivity contribution in [2.24, 2.45) is 5.92 Å². The molecule has 1 aromatic rings. The fraction of sp³-hybridized carbons (Fsp3) is 0.625. The van der Waals surface area contributed by atoms with Crippen molar-refractivity contribution in [2.45, 2.75) is 39.7 Å². The van der Waals surface area contributed by atoms with Gasteiger partial charge in [-0.3, -0.25) is 4.79 Å². The molecule has 0 aliphatic rings. The Kier molecular flexibility index (Phi) is 6.77. The Morgan fingerprint density at radius 3 is 2.55 bits per heavy atom. The van der Waals surface area contributed by atoms with Crippen LogP contribution in [-0.2, 0) is 6.42 Å². The van der Waals surface area contributed by atoms with Crippen LogP contribution in [0.1, 0.15) is 41.9 Å². The van der Waals surface area contributed by atoms with Crippen molar-refractivity contribution in [1.82, 2.24) is 4.90 Å². The number of aliphatic hydroxyl groups is 2. The summed E-state index contributed by atoms with van der Waals surface area (Å²) in [4.78, 5) is 25.6. The number of carbonyl (C=O) groups is 1. The minimum atomic E-state index is -1.04. The van der Waals surface area contributed by atoms with E-state index in [4.69, 9.17) is 9.52 Å². The zero-order valence-corrected chi connectivity index (χ0v) is 13.6. The number of aryl methyl sites for hydroxylation is 2. The van der Waals surface area contributed by atoms with Crippen LogP contribution < -0.4 is 5.63 Å². The van der Waals surface area contributed by atoms with Crippen LogP contribution in [-0.4, -0.2) is 47.3 Å². The predicted octanol–water partition coefficient (Wildman–Crippen LogP) is 0.962. The van der Waals surface area contributed by atoms with Gasteiger partial charge in [-0.2, -0.15) is 0 Å². The summed E-state index contributed by atoms with van der Waals surface area (Å²) in [5.41, 5.74) is -0.125. The Morgan fingerprint density at radius 1 is 1.41 bits per heavy atom. The molecule has 6 heteroatoms. The number of aliphatic hydroxyl groups excluding tert-OH is 2. The zero-order chi connectivity index (χ0) is 16.9. The van der Waals surface area contributed by atoms with E-state index in [2.05, 4.69) is 13.8 Å². The van der Waals surface area contributed by atoms with Gasteiger partial charge in [0.2, 0.25) is 0 Å². The molecule has 0 aliphatic carbocycles. The minimum absolute atomic E-state index is 0.0269. The van der Waals surface area contributed by atoms with Crippen LogP contribution in [0.5, 0.6) is 0 Å². The Morgan fingerprint density at radius 2 is 2.05 bits per heavy atom. The number of amides is 1. The molecule has 0 saturated heterocycles. The highest BCUT2D eigenvalue weighted by molar-refractivity contribution is 5.94. The minimum Gasteiger partial charge on any atom is -0.427 e. The third-order valence-electron chi connectivity index (χ3n) is 3.42. The first-order chi connectivity index (χ1) is 10.3. The number of rotatable bonds is 7. The first-order valence-electron chi connectivity index (χ1n) is 7.44. The van der Waals surface area contributed by atoms with Gasteiger partial charge in [0.1, 0.15) is 11.3 Å². The van der Waals surface area contributed by atoms with E-state index in [0.29, 0.717) is 23.7 Å². The van der Waals surface area contributed by atoms with Crippen molar-refractivity contribution in [3.63, 3.8) is 0 Å². The van der Waals surface area contributed by atoms with Gasteiger partial charge in [-0.25, -0.2) is 4.79 Å². The highest BCUT2D eigenvalue weighted by Gasteiger charge is 2.22. The molecule has 22 heavy (non-hydrogen) atoms. The molecule has 1 atom stereocenters. The molecule has 0 aromatic carbocycles. The van der Waals surface area contributed by atoms with Crippen LogP contribution in [0, 0.1) is 12.8 Å². The second-order valence-corrected chi connectivity index (χ2v) is 6.01. The van der Waals surface area contributed by atoms with Crippen molar-refractivity contribution in [3.05, 3.63) is 33.4 Å². The average molecular weight is 311 g/mol. The third-order valence-corrected chi connectivity index (χ3v) is 3.42. The second-order valence-electron chi connectivity index (χ2n) is 6.01. The summed E-state index contributed by atoms with van der Waals surface area (Å²) < 4.78 is 5.23. The lowest BCUT2D eigenvalue weighted by Crippen LogP contribution is -2.38. The van der Waals surface area contributed by atoms with Crippen LogP contribution in [0.4, 0.5) is 0 Å². The molecule has 124 valence electrons. The first-order valence-corrected chi connectivity index (χ1v) is 7.44. The summed E-state index contributed by atoms with van der Waals surface area (Å²) in [6.45, 7) is 5.37. The Labute approximate surface area is 130 Å². The molecule has 1 heterocycles. The topological polar surface area (TPSA) is 91.0 Å². The maximum Gasteiger partial charge on any atom is 0.349 e. The summed E-state index contributed by atoms with van der Waals surface area (Å²) in [5, 5.41) is 18.2. The van der Waals surface area contributed by atoms with Gasteiger partial charge in [-0.05, 0) is 30.9 Å². The predicted molar refractivity (Wildman–Crippen MR) is 82.9 cm³/mol. The average Bonchev–Trinajstić information content (AvgIpc) is 2.43. The van der Waals surface area contributed by atoms with Gasteiger partial charge in [0.15, 0.2) is 0 Å². The molecule has 0 aliphatic heterocycles. The summed E-state index contributed by atoms with van der Waals surface area (Å²) >= 11 is 0. The largest absolute Gasteiger partial charge is 0.427 e. The van der Waals surface area contributed by atoms with Gasteiger partial charge < -0.3 is 19.5 Å². The summed E-state index contributed by atoms with van der Waals surface area (Å²) in [6, 6.07) is 1.72. The lowest BCUT2D eigenvalue weighted by Gasteiger charge is -2.20. The Hall–Kier alpha value is -1.66. The molecule has 1 aromatic heterocycles. The van der Waals surface area contributed by atoms with E-state index >= 15 is 0 Å². The summed E-state index contributed by atoms with van der Waals surface area (Å²) in [5.74, 6) is 0.554. The molecule has 0 fully saturated rings. The standard InChI is InChI=1S/C16H25NO5/c1-10(2)5-6-13-7-11(3)14(16(21)22-13)15(20)17(4)8-12(19)9-18/h7,10,12,18-19H,5-6,8-9H2,1-4H3. The van der Waals surface area contributed by atoms with E-state index in [1.165, 1.54) is 11.9 Å². The molecule has 6 nitrogen and oxygen atoms in total. The van der Waals surface area contributed by atoms with Crippen LogP contribution in [0.25, 0.3) is 0 Å². The van der Waals surface area contributed by atoms with Crippen molar-refractivity contribution >= 4 is 5.91 Å². The van der Waals surface area contributed by atoms with Crippen LogP contribution in [0.2, 0.25) is 0 Å². The van der Waals surface area contributed by atoms with E-state index in [9.17, 15) is 14.7 Å². The molecular weight excluding hydrogens is 286 g/mol. The maximum absolute atomic E-state index is 12.3. The number of hydrogen-bond acceptors (Lipinski definition) is 5. The highest BCUT2D eigenvalue weighted by atomic mass is 16.4. The SMILES string of the molecule is Cc1cc(CCC(C)C)oc(=O)c1C(=O)N(C)CC(O)CO. The molecule has 1 unspecified atom stereocenters. The van der Waals surface area contributed by atoms with Gasteiger partial charge in [0.05, 0.1) is 12.7 Å². The fourth-order valence-corrected chi connectivity index (χ4v) is 2.13. The maximum atomic E-state index is 12.3. The lowest BCUT2D eigenvalue weighted by molar-refractivity contribution is 0.0516. The van der Waals surface area contributed by atoms with Crippen molar-refractivity contribution < 1.29 is 19.4 Å². The molecule has 0 spiro atoms. The second kappa shape index (κ2) is 8.10.